The van der Waals surface area contributed by atoms with E-state index in [4.69, 9.17) is 46.3 Å². The van der Waals surface area contributed by atoms with Crippen molar-refractivity contribution in [2.24, 2.45) is 16.5 Å². The molecule has 0 saturated carbocycles. The standard InChI is InChI=1S/C16H13ClN4O2S.C15H9Cl2NO2S/c17-14-9-20-15(21-16(18)19)13-8-11(6-7-12(13)14)24(22,23)10-4-2-1-3-5-10;16-14-9-18-15(17)13-8-11(6-7-12(13)14)21(19,20)10-4-2-1-3-5-10/h1-9H,(H4,18,19,20,21);1-9H. The van der Waals surface area contributed by atoms with E-state index < -0.39 is 19.7 Å². The van der Waals surface area contributed by atoms with E-state index in [1.807, 2.05) is 0 Å². The van der Waals surface area contributed by atoms with Crippen LogP contribution in [0.1, 0.15) is 0 Å². The first-order valence-electron chi connectivity index (χ1n) is 12.9. The maximum Gasteiger partial charge on any atom is 0.206 e. The van der Waals surface area contributed by atoms with Gasteiger partial charge in [0.2, 0.25) is 19.7 Å². The predicted octanol–water partition coefficient (Wildman–Crippen LogP) is 7.00. The minimum atomic E-state index is -3.67. The molecule has 0 saturated heterocycles. The Morgan fingerprint density at radius 1 is 0.556 bits per heavy atom. The lowest BCUT2D eigenvalue weighted by Gasteiger charge is -2.08. The van der Waals surface area contributed by atoms with Crippen molar-refractivity contribution < 1.29 is 16.8 Å². The fraction of sp³-hybridized carbons (Fsp3) is 0. The number of pyridine rings is 2. The number of nitrogens with two attached hydrogens (primary N) is 2. The Bertz CT molecular complexity index is 2300. The minimum Gasteiger partial charge on any atom is -0.370 e. The lowest BCUT2D eigenvalue weighted by molar-refractivity contribution is 0.594. The normalized spacial score (nSPS) is 11.5. The molecule has 6 aromatic rings. The molecular weight excluding hydrogens is 677 g/mol. The second kappa shape index (κ2) is 13.0. The molecule has 45 heavy (non-hydrogen) atoms. The van der Waals surface area contributed by atoms with Crippen LogP contribution in [0.5, 0.6) is 0 Å². The van der Waals surface area contributed by atoms with E-state index in [0.29, 0.717) is 31.6 Å². The molecule has 4 N–H and O–H groups in total. The van der Waals surface area contributed by atoms with E-state index in [1.54, 1.807) is 60.7 Å². The molecule has 14 heteroatoms. The number of guanidine groups is 1. The van der Waals surface area contributed by atoms with Crippen LogP contribution in [0.4, 0.5) is 5.82 Å². The summed E-state index contributed by atoms with van der Waals surface area (Å²) in [4.78, 5) is 12.6. The van der Waals surface area contributed by atoms with Crippen LogP contribution in [0.3, 0.4) is 0 Å². The van der Waals surface area contributed by atoms with Crippen molar-refractivity contribution in [1.82, 2.24) is 9.97 Å². The molecule has 0 spiro atoms. The number of benzene rings is 4. The first-order valence-corrected chi connectivity index (χ1v) is 17.0. The van der Waals surface area contributed by atoms with Crippen LogP contribution in [-0.2, 0) is 19.7 Å². The van der Waals surface area contributed by atoms with Crippen LogP contribution in [0, 0.1) is 0 Å². The first kappa shape index (κ1) is 32.1. The monoisotopic (exact) mass is 697 g/mol. The van der Waals surface area contributed by atoms with Gasteiger partial charge < -0.3 is 11.5 Å². The minimum absolute atomic E-state index is 0.109. The fourth-order valence-corrected chi connectivity index (χ4v) is 7.59. The maximum absolute atomic E-state index is 12.8. The Kier molecular flexibility index (Phi) is 9.28. The molecule has 2 heterocycles. The van der Waals surface area contributed by atoms with Crippen molar-refractivity contribution >= 4 is 87.8 Å². The molecule has 6 rings (SSSR count). The highest BCUT2D eigenvalue weighted by atomic mass is 35.5. The van der Waals surface area contributed by atoms with Gasteiger partial charge in [0.1, 0.15) is 5.15 Å². The third-order valence-corrected chi connectivity index (χ3v) is 11.0. The average Bonchev–Trinajstić information content (AvgIpc) is 3.05. The maximum atomic E-state index is 12.8. The van der Waals surface area contributed by atoms with E-state index in [-0.39, 0.29) is 36.5 Å². The summed E-state index contributed by atoms with van der Waals surface area (Å²) in [6.07, 6.45) is 2.86. The highest BCUT2D eigenvalue weighted by Crippen LogP contribution is 2.34. The molecule has 2 aromatic heterocycles. The van der Waals surface area contributed by atoms with Gasteiger partial charge in [-0.2, -0.15) is 4.99 Å². The Morgan fingerprint density at radius 2 is 1.00 bits per heavy atom. The SMILES string of the molecule is NC(N)=Nc1ncc(Cl)c2ccc(S(=O)(=O)c3ccccc3)cc12.O=S(=O)(c1ccccc1)c1ccc2c(Cl)cnc(Cl)c2c1. The summed E-state index contributed by atoms with van der Waals surface area (Å²) in [6.45, 7) is 0. The quantitative estimate of drug-likeness (QED) is 0.111. The Morgan fingerprint density at radius 3 is 1.49 bits per heavy atom. The van der Waals surface area contributed by atoms with Crippen molar-refractivity contribution in [3.63, 3.8) is 0 Å². The first-order chi connectivity index (χ1) is 21.4. The second-order valence-corrected chi connectivity index (χ2v) is 14.5. The van der Waals surface area contributed by atoms with E-state index in [2.05, 4.69) is 15.0 Å². The van der Waals surface area contributed by atoms with Crippen LogP contribution in [0.2, 0.25) is 15.2 Å². The third-order valence-electron chi connectivity index (χ3n) is 6.51. The van der Waals surface area contributed by atoms with Crippen molar-refractivity contribution in [2.75, 3.05) is 0 Å². The van der Waals surface area contributed by atoms with Crippen molar-refractivity contribution in [3.05, 3.63) is 125 Å². The van der Waals surface area contributed by atoms with Crippen molar-refractivity contribution in [2.45, 2.75) is 19.6 Å². The summed E-state index contributed by atoms with van der Waals surface area (Å²) in [5, 5.41) is 3.28. The number of halogens is 3. The smallest absolute Gasteiger partial charge is 0.206 e. The molecule has 0 bridgehead atoms. The predicted molar refractivity (Wildman–Crippen MR) is 178 cm³/mol. The molecule has 0 unspecified atom stereocenters. The molecule has 0 aliphatic carbocycles. The van der Waals surface area contributed by atoms with Gasteiger partial charge in [0, 0.05) is 33.9 Å². The Labute approximate surface area is 274 Å². The number of nitrogens with zero attached hydrogens (tertiary/aromatic N) is 3. The molecule has 0 atom stereocenters. The number of rotatable bonds is 5. The summed E-state index contributed by atoms with van der Waals surface area (Å²) in [6, 6.07) is 25.6. The Hall–Kier alpha value is -4.26. The van der Waals surface area contributed by atoms with Crippen LogP contribution in [-0.4, -0.2) is 32.8 Å². The molecular formula is C31H22Cl3N5O4S2. The number of aliphatic imine (C=N–C) groups is 1. The Balaban J connectivity index is 0.000000179. The number of hydrogen-bond acceptors (Lipinski definition) is 7. The third kappa shape index (κ3) is 6.73. The van der Waals surface area contributed by atoms with Gasteiger partial charge in [-0.1, -0.05) is 83.3 Å². The zero-order chi connectivity index (χ0) is 32.4. The summed E-state index contributed by atoms with van der Waals surface area (Å²) in [7, 11) is -7.26. The zero-order valence-electron chi connectivity index (χ0n) is 23.0. The van der Waals surface area contributed by atoms with Crippen LogP contribution >= 0.6 is 34.8 Å². The summed E-state index contributed by atoms with van der Waals surface area (Å²) in [5.74, 6) is 0.0296. The molecule has 0 fully saturated rings. The van der Waals surface area contributed by atoms with E-state index >= 15 is 0 Å². The van der Waals surface area contributed by atoms with Gasteiger partial charge in [-0.05, 0) is 48.5 Å². The van der Waals surface area contributed by atoms with Gasteiger partial charge in [-0.15, -0.1) is 0 Å². The van der Waals surface area contributed by atoms with Gasteiger partial charge in [0.05, 0.1) is 29.6 Å². The summed E-state index contributed by atoms with van der Waals surface area (Å²) >= 11 is 18.2. The summed E-state index contributed by atoms with van der Waals surface area (Å²) < 4.78 is 50.7. The highest BCUT2D eigenvalue weighted by Gasteiger charge is 2.20. The van der Waals surface area contributed by atoms with Crippen molar-refractivity contribution in [3.8, 4) is 0 Å². The average molecular weight is 699 g/mol. The number of aromatic nitrogens is 2. The van der Waals surface area contributed by atoms with Crippen LogP contribution < -0.4 is 11.5 Å². The van der Waals surface area contributed by atoms with Gasteiger partial charge in [-0.3, -0.25) is 0 Å². The topological polar surface area (TPSA) is 158 Å². The number of sulfone groups is 2. The molecule has 4 aromatic carbocycles. The molecule has 0 radical (unpaired) electrons. The molecule has 9 nitrogen and oxygen atoms in total. The second-order valence-electron chi connectivity index (χ2n) is 9.41. The van der Waals surface area contributed by atoms with E-state index in [1.165, 1.54) is 48.8 Å². The van der Waals surface area contributed by atoms with E-state index in [9.17, 15) is 16.8 Å². The van der Waals surface area contributed by atoms with Gasteiger partial charge in [0.15, 0.2) is 11.8 Å². The highest BCUT2D eigenvalue weighted by molar-refractivity contribution is 7.91. The number of hydrogen-bond donors (Lipinski definition) is 2. The number of fused-ring (bicyclic) bond motifs is 2. The lowest BCUT2D eigenvalue weighted by atomic mass is 10.1. The van der Waals surface area contributed by atoms with Gasteiger partial charge in [0.25, 0.3) is 0 Å². The molecule has 0 aliphatic heterocycles. The summed E-state index contributed by atoms with van der Waals surface area (Å²) in [5.41, 5.74) is 10.8. The van der Waals surface area contributed by atoms with Crippen LogP contribution in [0.25, 0.3) is 21.5 Å². The molecule has 0 aliphatic rings. The fourth-order valence-electron chi connectivity index (χ4n) is 4.35. The zero-order valence-corrected chi connectivity index (χ0v) is 26.9. The lowest BCUT2D eigenvalue weighted by Crippen LogP contribution is -2.22. The largest absolute Gasteiger partial charge is 0.370 e. The van der Waals surface area contributed by atoms with Gasteiger partial charge in [-0.25, -0.2) is 26.8 Å². The van der Waals surface area contributed by atoms with Gasteiger partial charge >= 0.3 is 0 Å². The molecule has 0 amide bonds. The van der Waals surface area contributed by atoms with Crippen LogP contribution in [0.15, 0.2) is 134 Å². The van der Waals surface area contributed by atoms with E-state index in [0.717, 1.165) is 0 Å². The van der Waals surface area contributed by atoms with Crippen molar-refractivity contribution in [1.29, 1.82) is 0 Å². The molecule has 228 valence electrons.